The summed E-state index contributed by atoms with van der Waals surface area (Å²) in [6.07, 6.45) is 2.37. The van der Waals surface area contributed by atoms with E-state index in [1.165, 1.54) is 12.8 Å². The summed E-state index contributed by atoms with van der Waals surface area (Å²) in [5.74, 6) is 1.96. The molecule has 0 amide bonds. The van der Waals surface area contributed by atoms with Crippen LogP contribution in [0.4, 0.5) is 0 Å². The van der Waals surface area contributed by atoms with Crippen molar-refractivity contribution in [2.75, 3.05) is 19.6 Å². The molecule has 0 atom stereocenters. The molecule has 0 saturated carbocycles. The summed E-state index contributed by atoms with van der Waals surface area (Å²) < 4.78 is 0. The van der Waals surface area contributed by atoms with Crippen LogP contribution < -0.4 is 0 Å². The lowest BCUT2D eigenvalue weighted by Gasteiger charge is -2.24. The SMILES string of the molecule is CC(C)CCN(CCC(C)C)CC(=O)C(C)C. The second kappa shape index (κ2) is 8.68. The Balaban J connectivity index is 4.14. The van der Waals surface area contributed by atoms with Gasteiger partial charge in [0.05, 0.1) is 6.54 Å². The third-order valence-corrected chi connectivity index (χ3v) is 3.07. The van der Waals surface area contributed by atoms with Crippen LogP contribution in [0.1, 0.15) is 54.4 Å². The maximum Gasteiger partial charge on any atom is 0.149 e. The van der Waals surface area contributed by atoms with Crippen molar-refractivity contribution < 1.29 is 4.79 Å². The highest BCUT2D eigenvalue weighted by molar-refractivity contribution is 5.82. The molecule has 0 rings (SSSR count). The molecular weight excluding hydrogens is 210 g/mol. The molecule has 0 N–H and O–H groups in total. The van der Waals surface area contributed by atoms with Crippen LogP contribution in [0.2, 0.25) is 0 Å². The number of nitrogens with zero attached hydrogens (tertiary/aromatic N) is 1. The lowest BCUT2D eigenvalue weighted by molar-refractivity contribution is -0.123. The first-order chi connectivity index (χ1) is 7.82. The van der Waals surface area contributed by atoms with Crippen LogP contribution in [0, 0.1) is 17.8 Å². The zero-order valence-corrected chi connectivity index (χ0v) is 12.6. The Labute approximate surface area is 108 Å². The van der Waals surface area contributed by atoms with Crippen molar-refractivity contribution in [1.29, 1.82) is 0 Å². The van der Waals surface area contributed by atoms with E-state index in [-0.39, 0.29) is 5.92 Å². The van der Waals surface area contributed by atoms with E-state index in [9.17, 15) is 4.79 Å². The van der Waals surface area contributed by atoms with Crippen LogP contribution in [0.3, 0.4) is 0 Å². The Kier molecular flexibility index (Phi) is 8.49. The van der Waals surface area contributed by atoms with Gasteiger partial charge < -0.3 is 0 Å². The molecule has 0 unspecified atom stereocenters. The van der Waals surface area contributed by atoms with Crippen molar-refractivity contribution >= 4 is 5.78 Å². The monoisotopic (exact) mass is 241 g/mol. The number of ketones is 1. The largest absolute Gasteiger partial charge is 0.298 e. The first-order valence-corrected chi connectivity index (χ1v) is 7.08. The molecule has 0 bridgehead atoms. The van der Waals surface area contributed by atoms with Gasteiger partial charge in [0.2, 0.25) is 0 Å². The van der Waals surface area contributed by atoms with Gasteiger partial charge in [0, 0.05) is 5.92 Å². The Morgan fingerprint density at radius 1 is 0.882 bits per heavy atom. The maximum absolute atomic E-state index is 11.8. The predicted molar refractivity (Wildman–Crippen MR) is 75.2 cm³/mol. The highest BCUT2D eigenvalue weighted by atomic mass is 16.1. The Morgan fingerprint density at radius 3 is 1.59 bits per heavy atom. The minimum Gasteiger partial charge on any atom is -0.298 e. The van der Waals surface area contributed by atoms with Crippen molar-refractivity contribution in [3.05, 3.63) is 0 Å². The highest BCUT2D eigenvalue weighted by Crippen LogP contribution is 2.08. The van der Waals surface area contributed by atoms with Gasteiger partial charge in [-0.15, -0.1) is 0 Å². The van der Waals surface area contributed by atoms with Gasteiger partial charge in [-0.05, 0) is 37.8 Å². The van der Waals surface area contributed by atoms with Crippen LogP contribution >= 0.6 is 0 Å². The molecule has 102 valence electrons. The van der Waals surface area contributed by atoms with Crippen molar-refractivity contribution in [2.24, 2.45) is 17.8 Å². The van der Waals surface area contributed by atoms with Crippen molar-refractivity contribution in [2.45, 2.75) is 54.4 Å². The van der Waals surface area contributed by atoms with Crippen molar-refractivity contribution in [3.8, 4) is 0 Å². The van der Waals surface area contributed by atoms with Gasteiger partial charge in [-0.2, -0.15) is 0 Å². The molecular formula is C15H31NO. The van der Waals surface area contributed by atoms with E-state index in [1.54, 1.807) is 0 Å². The molecule has 0 aromatic rings. The molecule has 0 aromatic carbocycles. The molecule has 0 aliphatic heterocycles. The number of rotatable bonds is 9. The fourth-order valence-electron chi connectivity index (χ4n) is 1.55. The summed E-state index contributed by atoms with van der Waals surface area (Å²) in [7, 11) is 0. The van der Waals surface area contributed by atoms with Gasteiger partial charge in [0.1, 0.15) is 5.78 Å². The molecule has 0 spiro atoms. The number of carbonyl (C=O) groups excluding carboxylic acids is 1. The summed E-state index contributed by atoms with van der Waals surface area (Å²) in [6, 6.07) is 0. The summed E-state index contributed by atoms with van der Waals surface area (Å²) in [4.78, 5) is 14.1. The van der Waals surface area contributed by atoms with E-state index >= 15 is 0 Å². The van der Waals surface area contributed by atoms with Crippen molar-refractivity contribution in [3.63, 3.8) is 0 Å². The smallest absolute Gasteiger partial charge is 0.149 e. The fourth-order valence-corrected chi connectivity index (χ4v) is 1.55. The van der Waals surface area contributed by atoms with E-state index in [0.29, 0.717) is 24.2 Å². The van der Waals surface area contributed by atoms with Crippen LogP contribution in [0.15, 0.2) is 0 Å². The van der Waals surface area contributed by atoms with E-state index in [4.69, 9.17) is 0 Å². The van der Waals surface area contributed by atoms with E-state index in [0.717, 1.165) is 13.1 Å². The van der Waals surface area contributed by atoms with Gasteiger partial charge >= 0.3 is 0 Å². The Hall–Kier alpha value is -0.370. The summed E-state index contributed by atoms with van der Waals surface area (Å²) >= 11 is 0. The third kappa shape index (κ3) is 9.34. The molecule has 0 aromatic heterocycles. The first kappa shape index (κ1) is 16.6. The number of Topliss-reactive ketones (excluding diaryl/α,β-unsaturated/α-hetero) is 1. The second-order valence-electron chi connectivity index (χ2n) is 6.26. The summed E-state index contributed by atoms with van der Waals surface area (Å²) in [5, 5.41) is 0. The molecule has 2 nitrogen and oxygen atoms in total. The molecule has 0 aliphatic rings. The number of carbonyl (C=O) groups is 1. The van der Waals surface area contributed by atoms with E-state index < -0.39 is 0 Å². The molecule has 17 heavy (non-hydrogen) atoms. The van der Waals surface area contributed by atoms with Crippen LogP contribution in [-0.2, 0) is 4.79 Å². The average molecular weight is 241 g/mol. The Morgan fingerprint density at radius 2 is 1.29 bits per heavy atom. The molecule has 0 radical (unpaired) electrons. The van der Waals surface area contributed by atoms with E-state index in [1.807, 2.05) is 13.8 Å². The quantitative estimate of drug-likeness (QED) is 0.614. The average Bonchev–Trinajstić information content (AvgIpc) is 2.21. The van der Waals surface area contributed by atoms with Gasteiger partial charge in [0.15, 0.2) is 0 Å². The molecule has 0 aliphatic carbocycles. The Bertz CT molecular complexity index is 197. The summed E-state index contributed by atoms with van der Waals surface area (Å²) in [6.45, 7) is 15.7. The minimum absolute atomic E-state index is 0.163. The van der Waals surface area contributed by atoms with E-state index in [2.05, 4.69) is 32.6 Å². The lowest BCUT2D eigenvalue weighted by Crippen LogP contribution is -2.34. The molecule has 0 heterocycles. The van der Waals surface area contributed by atoms with Gasteiger partial charge in [-0.1, -0.05) is 41.5 Å². The minimum atomic E-state index is 0.163. The molecule has 2 heteroatoms. The lowest BCUT2D eigenvalue weighted by atomic mass is 10.1. The zero-order valence-electron chi connectivity index (χ0n) is 12.6. The zero-order chi connectivity index (χ0) is 13.4. The standard InChI is InChI=1S/C15H31NO/c1-12(2)7-9-16(10-8-13(3)4)11-15(17)14(5)6/h12-14H,7-11H2,1-6H3. The predicted octanol–water partition coefficient (Wildman–Crippen LogP) is 3.61. The van der Waals surface area contributed by atoms with Crippen LogP contribution in [0.25, 0.3) is 0 Å². The third-order valence-electron chi connectivity index (χ3n) is 3.07. The van der Waals surface area contributed by atoms with Gasteiger partial charge in [-0.25, -0.2) is 0 Å². The molecule has 0 fully saturated rings. The van der Waals surface area contributed by atoms with Crippen LogP contribution in [0.5, 0.6) is 0 Å². The topological polar surface area (TPSA) is 20.3 Å². The fraction of sp³-hybridized carbons (Fsp3) is 0.933. The van der Waals surface area contributed by atoms with Gasteiger partial charge in [0.25, 0.3) is 0 Å². The maximum atomic E-state index is 11.8. The highest BCUT2D eigenvalue weighted by Gasteiger charge is 2.14. The number of hydrogen-bond acceptors (Lipinski definition) is 2. The van der Waals surface area contributed by atoms with Gasteiger partial charge in [-0.3, -0.25) is 9.69 Å². The number of hydrogen-bond donors (Lipinski definition) is 0. The second-order valence-corrected chi connectivity index (χ2v) is 6.26. The van der Waals surface area contributed by atoms with Crippen molar-refractivity contribution in [1.82, 2.24) is 4.90 Å². The normalized spacial score (nSPS) is 12.1. The first-order valence-electron chi connectivity index (χ1n) is 7.08. The molecule has 0 saturated heterocycles. The van der Waals surface area contributed by atoms with Crippen LogP contribution in [-0.4, -0.2) is 30.3 Å². The summed E-state index contributed by atoms with van der Waals surface area (Å²) in [5.41, 5.74) is 0.